The van der Waals surface area contributed by atoms with Crippen molar-refractivity contribution in [2.45, 2.75) is 13.3 Å². The van der Waals surface area contributed by atoms with Crippen molar-refractivity contribution < 1.29 is 9.47 Å². The first-order valence-electron chi connectivity index (χ1n) is 8.55. The Kier molecular flexibility index (Phi) is 4.31. The molecule has 26 heavy (non-hydrogen) atoms. The highest BCUT2D eigenvalue weighted by atomic mass is 16.5. The molecule has 0 spiro atoms. The smallest absolute Gasteiger partial charge is 0.221 e. The van der Waals surface area contributed by atoms with Crippen LogP contribution in [0.4, 0.5) is 5.95 Å². The van der Waals surface area contributed by atoms with Crippen molar-refractivity contribution in [3.05, 3.63) is 59.9 Å². The summed E-state index contributed by atoms with van der Waals surface area (Å²) in [6.45, 7) is 3.26. The van der Waals surface area contributed by atoms with Crippen molar-refractivity contribution in [2.75, 3.05) is 18.9 Å². The molecule has 2 aromatic carbocycles. The second-order valence-corrected chi connectivity index (χ2v) is 6.16. The summed E-state index contributed by atoms with van der Waals surface area (Å²) in [6, 6.07) is 14.2. The maximum absolute atomic E-state index is 5.79. The predicted molar refractivity (Wildman–Crippen MR) is 102 cm³/mol. The Balaban J connectivity index is 1.54. The van der Waals surface area contributed by atoms with Crippen molar-refractivity contribution >= 4 is 12.2 Å². The van der Waals surface area contributed by atoms with Gasteiger partial charge in [-0.1, -0.05) is 30.3 Å². The van der Waals surface area contributed by atoms with Crippen LogP contribution in [-0.4, -0.2) is 29.1 Å². The summed E-state index contributed by atoms with van der Waals surface area (Å²) in [7, 11) is 0. The average molecular weight is 348 g/mol. The van der Waals surface area contributed by atoms with Crippen LogP contribution in [0.1, 0.15) is 17.7 Å². The minimum Gasteiger partial charge on any atom is -0.490 e. The molecule has 0 amide bonds. The monoisotopic (exact) mass is 348 g/mol. The molecule has 4 rings (SSSR count). The fraction of sp³-hybridized carbons (Fsp3) is 0.200. The van der Waals surface area contributed by atoms with E-state index in [9.17, 15) is 0 Å². The van der Waals surface area contributed by atoms with Crippen LogP contribution < -0.4 is 15.2 Å². The average Bonchev–Trinajstić information content (AvgIpc) is 2.84. The van der Waals surface area contributed by atoms with E-state index in [4.69, 9.17) is 15.2 Å². The molecule has 0 bridgehead atoms. The van der Waals surface area contributed by atoms with Crippen LogP contribution in [0.15, 0.2) is 53.8 Å². The summed E-state index contributed by atoms with van der Waals surface area (Å²) in [5, 5.41) is 4.33. The summed E-state index contributed by atoms with van der Waals surface area (Å²) >= 11 is 0. The number of ether oxygens (including phenoxy) is 2. The Morgan fingerprint density at radius 3 is 2.50 bits per heavy atom. The zero-order valence-electron chi connectivity index (χ0n) is 14.6. The number of imidazole rings is 1. The first kappa shape index (κ1) is 16.2. The molecule has 0 aliphatic carbocycles. The summed E-state index contributed by atoms with van der Waals surface area (Å²) in [5.74, 6) is 1.99. The Labute approximate surface area is 151 Å². The quantitative estimate of drug-likeness (QED) is 0.735. The van der Waals surface area contributed by atoms with Crippen LogP contribution in [-0.2, 0) is 0 Å². The number of aromatic nitrogens is 2. The van der Waals surface area contributed by atoms with Crippen molar-refractivity contribution in [3.63, 3.8) is 0 Å². The summed E-state index contributed by atoms with van der Waals surface area (Å²) < 4.78 is 13.0. The van der Waals surface area contributed by atoms with Crippen LogP contribution >= 0.6 is 0 Å². The van der Waals surface area contributed by atoms with Crippen molar-refractivity contribution in [3.8, 4) is 22.6 Å². The number of fused-ring (bicyclic) bond motifs is 1. The molecule has 0 unspecified atom stereocenters. The van der Waals surface area contributed by atoms with Gasteiger partial charge in [0.1, 0.15) is 0 Å². The number of hydrogen-bond donors (Lipinski definition) is 1. The number of hydrogen-bond acceptors (Lipinski definition) is 5. The first-order chi connectivity index (χ1) is 12.7. The lowest BCUT2D eigenvalue weighted by Crippen LogP contribution is -1.97. The van der Waals surface area contributed by atoms with E-state index in [1.54, 1.807) is 17.1 Å². The van der Waals surface area contributed by atoms with Gasteiger partial charge in [-0.05, 0) is 35.7 Å². The molecular weight excluding hydrogens is 328 g/mol. The summed E-state index contributed by atoms with van der Waals surface area (Å²) in [6.07, 6.45) is 4.45. The van der Waals surface area contributed by atoms with E-state index in [-0.39, 0.29) is 0 Å². The lowest BCUT2D eigenvalue weighted by atomic mass is 10.0. The van der Waals surface area contributed by atoms with Gasteiger partial charge in [0, 0.05) is 6.42 Å². The number of nitrogens with zero attached hydrogens (tertiary/aromatic N) is 3. The number of benzene rings is 2. The van der Waals surface area contributed by atoms with E-state index in [0.717, 1.165) is 40.3 Å². The number of rotatable bonds is 3. The number of anilines is 1. The van der Waals surface area contributed by atoms with Gasteiger partial charge in [0.05, 0.1) is 31.3 Å². The van der Waals surface area contributed by atoms with E-state index < -0.39 is 0 Å². The highest BCUT2D eigenvalue weighted by molar-refractivity contribution is 5.81. The molecule has 0 radical (unpaired) electrons. The molecule has 1 aliphatic heterocycles. The molecule has 3 aromatic rings. The second kappa shape index (κ2) is 6.92. The van der Waals surface area contributed by atoms with Gasteiger partial charge in [-0.15, -0.1) is 0 Å². The van der Waals surface area contributed by atoms with Crippen molar-refractivity contribution in [1.29, 1.82) is 0 Å². The van der Waals surface area contributed by atoms with E-state index in [1.165, 1.54) is 0 Å². The zero-order valence-corrected chi connectivity index (χ0v) is 14.6. The maximum Gasteiger partial charge on any atom is 0.221 e. The molecule has 1 aliphatic rings. The number of nitrogen functional groups attached to an aromatic ring is 1. The highest BCUT2D eigenvalue weighted by Gasteiger charge is 2.11. The molecule has 2 heterocycles. The van der Waals surface area contributed by atoms with E-state index in [1.807, 2.05) is 37.3 Å². The van der Waals surface area contributed by atoms with Gasteiger partial charge in [-0.25, -0.2) is 9.66 Å². The normalized spacial score (nSPS) is 13.7. The predicted octanol–water partition coefficient (Wildman–Crippen LogP) is 3.48. The Hall–Kier alpha value is -3.28. The van der Waals surface area contributed by atoms with Gasteiger partial charge in [-0.2, -0.15) is 5.10 Å². The second-order valence-electron chi connectivity index (χ2n) is 6.16. The van der Waals surface area contributed by atoms with Gasteiger partial charge in [0.25, 0.3) is 0 Å². The third kappa shape index (κ3) is 3.39. The highest BCUT2D eigenvalue weighted by Crippen LogP contribution is 2.34. The first-order valence-corrected chi connectivity index (χ1v) is 8.55. The Bertz CT molecular complexity index is 945. The van der Waals surface area contributed by atoms with Gasteiger partial charge >= 0.3 is 0 Å². The molecule has 2 N–H and O–H groups in total. The standard InChI is InChI=1S/C20H20N4O2/c1-14-13-24(20(21)23-14)22-12-15-3-5-16(6-4-15)17-7-8-18-19(11-17)26-10-2-9-25-18/h3-8,11-13H,2,9-10H2,1H3,(H2,21,23). The molecule has 0 saturated carbocycles. The van der Waals surface area contributed by atoms with Gasteiger partial charge < -0.3 is 15.2 Å². The lowest BCUT2D eigenvalue weighted by molar-refractivity contribution is 0.297. The van der Waals surface area contributed by atoms with E-state index in [0.29, 0.717) is 19.2 Å². The molecule has 0 atom stereocenters. The van der Waals surface area contributed by atoms with E-state index in [2.05, 4.69) is 22.2 Å². The minimum absolute atomic E-state index is 0.377. The molecule has 0 saturated heterocycles. The van der Waals surface area contributed by atoms with Gasteiger partial charge in [0.2, 0.25) is 5.95 Å². The molecule has 6 nitrogen and oxygen atoms in total. The minimum atomic E-state index is 0.377. The Morgan fingerprint density at radius 1 is 1.04 bits per heavy atom. The number of aryl methyl sites for hydroxylation is 1. The third-order valence-corrected chi connectivity index (χ3v) is 4.16. The molecule has 6 heteroatoms. The third-order valence-electron chi connectivity index (χ3n) is 4.16. The van der Waals surface area contributed by atoms with Gasteiger partial charge in [0.15, 0.2) is 11.5 Å². The fourth-order valence-corrected chi connectivity index (χ4v) is 2.83. The van der Waals surface area contributed by atoms with Crippen LogP contribution in [0.3, 0.4) is 0 Å². The molecule has 132 valence electrons. The van der Waals surface area contributed by atoms with Crippen LogP contribution in [0.2, 0.25) is 0 Å². The topological polar surface area (TPSA) is 74.7 Å². The van der Waals surface area contributed by atoms with E-state index >= 15 is 0 Å². The Morgan fingerprint density at radius 2 is 1.77 bits per heavy atom. The summed E-state index contributed by atoms with van der Waals surface area (Å²) in [5.41, 5.74) is 9.80. The van der Waals surface area contributed by atoms with Crippen molar-refractivity contribution in [2.24, 2.45) is 5.10 Å². The molecule has 0 fully saturated rings. The molecular formula is C20H20N4O2. The largest absolute Gasteiger partial charge is 0.490 e. The zero-order chi connectivity index (χ0) is 17.9. The fourth-order valence-electron chi connectivity index (χ4n) is 2.83. The van der Waals surface area contributed by atoms with Crippen LogP contribution in [0.25, 0.3) is 11.1 Å². The van der Waals surface area contributed by atoms with Crippen LogP contribution in [0, 0.1) is 6.92 Å². The number of nitrogens with two attached hydrogens (primary N) is 1. The van der Waals surface area contributed by atoms with Crippen LogP contribution in [0.5, 0.6) is 11.5 Å². The SMILES string of the molecule is Cc1cn(N=Cc2ccc(-c3ccc4c(c3)OCCCO4)cc2)c(N)n1. The maximum atomic E-state index is 5.79. The lowest BCUT2D eigenvalue weighted by Gasteiger charge is -2.09. The summed E-state index contributed by atoms with van der Waals surface area (Å²) in [4.78, 5) is 4.12. The van der Waals surface area contributed by atoms with Crippen molar-refractivity contribution in [1.82, 2.24) is 9.66 Å². The molecule has 1 aromatic heterocycles. The van der Waals surface area contributed by atoms with Gasteiger partial charge in [-0.3, -0.25) is 0 Å².